The molecule has 0 spiro atoms. The number of hydrogen-bond acceptors (Lipinski definition) is 5. The summed E-state index contributed by atoms with van der Waals surface area (Å²) in [4.78, 5) is 2.16. The van der Waals surface area contributed by atoms with E-state index in [4.69, 9.17) is 9.26 Å². The highest BCUT2D eigenvalue weighted by Crippen LogP contribution is 2.30. The highest BCUT2D eigenvalue weighted by Gasteiger charge is 2.24. The van der Waals surface area contributed by atoms with Gasteiger partial charge in [-0.25, -0.2) is 4.39 Å². The summed E-state index contributed by atoms with van der Waals surface area (Å²) in [5.74, 6) is 1.70. The van der Waals surface area contributed by atoms with Crippen molar-refractivity contribution in [3.8, 4) is 17.2 Å². The molecule has 8 heteroatoms. The molecule has 0 atom stereocenters. The predicted octanol–water partition coefficient (Wildman–Crippen LogP) is 4.01. The predicted molar refractivity (Wildman–Crippen MR) is 94.0 cm³/mol. The second-order valence-corrected chi connectivity index (χ2v) is 6.75. The van der Waals surface area contributed by atoms with Crippen LogP contribution in [0.5, 0.6) is 5.75 Å². The standard InChI is InChI=1S/C17H16BrFN4O2/c18-13-2-1-11(19)9-15(13)24-12-4-7-23(8-5-12)17-10-16(25-22-17)14-3-6-20-21-14/h1-3,6,9-10,12H,4-5,7-8H2,(H,20,21). The number of piperidine rings is 1. The number of H-pyrrole nitrogens is 1. The number of aromatic amines is 1. The minimum absolute atomic E-state index is 0.0494. The molecule has 4 rings (SSSR count). The fraction of sp³-hybridized carbons (Fsp3) is 0.294. The number of nitrogens with zero attached hydrogens (tertiary/aromatic N) is 3. The van der Waals surface area contributed by atoms with Crippen molar-refractivity contribution in [2.75, 3.05) is 18.0 Å². The molecule has 2 aromatic heterocycles. The zero-order valence-electron chi connectivity index (χ0n) is 13.3. The average molecular weight is 407 g/mol. The Morgan fingerprint density at radius 2 is 2.08 bits per heavy atom. The van der Waals surface area contributed by atoms with Gasteiger partial charge in [-0.2, -0.15) is 5.10 Å². The third-order valence-corrected chi connectivity index (χ3v) is 4.87. The molecular formula is C17H16BrFN4O2. The molecule has 130 valence electrons. The summed E-state index contributed by atoms with van der Waals surface area (Å²) in [6.07, 6.45) is 3.38. The number of rotatable bonds is 4. The van der Waals surface area contributed by atoms with E-state index in [1.165, 1.54) is 12.1 Å². The number of hydrogen-bond donors (Lipinski definition) is 1. The minimum atomic E-state index is -0.301. The molecule has 6 nitrogen and oxygen atoms in total. The summed E-state index contributed by atoms with van der Waals surface area (Å²) in [6, 6.07) is 8.21. The molecule has 0 saturated carbocycles. The van der Waals surface area contributed by atoms with Crippen molar-refractivity contribution in [1.82, 2.24) is 15.4 Å². The summed E-state index contributed by atoms with van der Waals surface area (Å²) in [5, 5.41) is 10.9. The molecule has 1 N–H and O–H groups in total. The Balaban J connectivity index is 1.38. The molecule has 1 aliphatic rings. The van der Waals surface area contributed by atoms with Crippen LogP contribution < -0.4 is 9.64 Å². The van der Waals surface area contributed by atoms with Crippen LogP contribution in [0.3, 0.4) is 0 Å². The van der Waals surface area contributed by atoms with E-state index in [0.29, 0.717) is 11.5 Å². The first kappa shape index (κ1) is 16.1. The Kier molecular flexibility index (Phi) is 4.44. The first-order valence-corrected chi connectivity index (χ1v) is 8.81. The van der Waals surface area contributed by atoms with Gasteiger partial charge in [0.2, 0.25) is 0 Å². The molecule has 1 aliphatic heterocycles. The Bertz CT molecular complexity index is 844. The maximum atomic E-state index is 13.4. The summed E-state index contributed by atoms with van der Waals surface area (Å²) in [5.41, 5.74) is 0.799. The molecule has 25 heavy (non-hydrogen) atoms. The van der Waals surface area contributed by atoms with Gasteiger partial charge in [0.15, 0.2) is 11.6 Å². The lowest BCUT2D eigenvalue weighted by Gasteiger charge is -2.32. The van der Waals surface area contributed by atoms with Crippen LogP contribution in [0.4, 0.5) is 10.2 Å². The van der Waals surface area contributed by atoms with Crippen LogP contribution >= 0.6 is 15.9 Å². The fourth-order valence-corrected chi connectivity index (χ4v) is 3.22. The van der Waals surface area contributed by atoms with Gasteiger partial charge in [-0.05, 0) is 34.1 Å². The van der Waals surface area contributed by atoms with Crippen LogP contribution in [0.25, 0.3) is 11.5 Å². The lowest BCUT2D eigenvalue weighted by atomic mass is 10.1. The van der Waals surface area contributed by atoms with Crippen LogP contribution in [0.1, 0.15) is 12.8 Å². The van der Waals surface area contributed by atoms with E-state index in [2.05, 4.69) is 36.2 Å². The van der Waals surface area contributed by atoms with Gasteiger partial charge in [0, 0.05) is 44.3 Å². The number of nitrogens with one attached hydrogen (secondary N) is 1. The van der Waals surface area contributed by atoms with Gasteiger partial charge in [-0.3, -0.25) is 5.10 Å². The SMILES string of the molecule is Fc1ccc(Br)c(OC2CCN(c3cc(-c4ccn[nH]4)on3)CC2)c1. The van der Waals surface area contributed by atoms with E-state index in [1.54, 1.807) is 12.3 Å². The molecule has 0 bridgehead atoms. The van der Waals surface area contributed by atoms with E-state index in [1.807, 2.05) is 12.1 Å². The Morgan fingerprint density at radius 1 is 1.24 bits per heavy atom. The quantitative estimate of drug-likeness (QED) is 0.708. The summed E-state index contributed by atoms with van der Waals surface area (Å²) in [6.45, 7) is 1.60. The fourth-order valence-electron chi connectivity index (χ4n) is 2.88. The van der Waals surface area contributed by atoms with Crippen LogP contribution in [0.15, 0.2) is 45.5 Å². The van der Waals surface area contributed by atoms with Crippen molar-refractivity contribution < 1.29 is 13.7 Å². The minimum Gasteiger partial charge on any atom is -0.489 e. The number of aromatic nitrogens is 3. The van der Waals surface area contributed by atoms with E-state index in [-0.39, 0.29) is 11.9 Å². The van der Waals surface area contributed by atoms with E-state index >= 15 is 0 Å². The third-order valence-electron chi connectivity index (χ3n) is 4.22. The first-order valence-electron chi connectivity index (χ1n) is 8.02. The molecule has 3 aromatic rings. The van der Waals surface area contributed by atoms with Gasteiger partial charge in [0.1, 0.15) is 23.4 Å². The van der Waals surface area contributed by atoms with E-state index in [0.717, 1.165) is 41.9 Å². The summed E-state index contributed by atoms with van der Waals surface area (Å²) >= 11 is 3.39. The van der Waals surface area contributed by atoms with E-state index in [9.17, 15) is 4.39 Å². The Morgan fingerprint density at radius 3 is 2.84 bits per heavy atom. The largest absolute Gasteiger partial charge is 0.489 e. The molecule has 1 aromatic carbocycles. The molecule has 0 aliphatic carbocycles. The lowest BCUT2D eigenvalue weighted by Crippen LogP contribution is -2.38. The van der Waals surface area contributed by atoms with Gasteiger partial charge in [-0.1, -0.05) is 5.16 Å². The van der Waals surface area contributed by atoms with E-state index < -0.39 is 0 Å². The van der Waals surface area contributed by atoms with Crippen molar-refractivity contribution in [1.29, 1.82) is 0 Å². The zero-order valence-corrected chi connectivity index (χ0v) is 14.9. The van der Waals surface area contributed by atoms with Gasteiger partial charge in [0.05, 0.1) is 4.47 Å². The van der Waals surface area contributed by atoms with Gasteiger partial charge >= 0.3 is 0 Å². The van der Waals surface area contributed by atoms with Gasteiger partial charge in [0.25, 0.3) is 0 Å². The molecular weight excluding hydrogens is 391 g/mol. The molecule has 3 heterocycles. The van der Waals surface area contributed by atoms with Crippen molar-refractivity contribution in [3.63, 3.8) is 0 Å². The highest BCUT2D eigenvalue weighted by atomic mass is 79.9. The second kappa shape index (κ2) is 6.87. The second-order valence-electron chi connectivity index (χ2n) is 5.90. The topological polar surface area (TPSA) is 67.2 Å². The van der Waals surface area contributed by atoms with Crippen LogP contribution in [-0.4, -0.2) is 34.5 Å². The summed E-state index contributed by atoms with van der Waals surface area (Å²) in [7, 11) is 0. The first-order chi connectivity index (χ1) is 12.2. The Labute approximate surface area is 152 Å². The monoisotopic (exact) mass is 406 g/mol. The number of halogens is 2. The van der Waals surface area contributed by atoms with Crippen molar-refractivity contribution in [2.24, 2.45) is 0 Å². The lowest BCUT2D eigenvalue weighted by molar-refractivity contribution is 0.168. The Hall–Kier alpha value is -2.35. The normalized spacial score (nSPS) is 15.5. The molecule has 0 amide bonds. The van der Waals surface area contributed by atoms with Crippen molar-refractivity contribution in [3.05, 3.63) is 46.8 Å². The number of ether oxygens (including phenoxy) is 1. The third kappa shape index (κ3) is 3.53. The maximum Gasteiger partial charge on any atom is 0.186 e. The highest BCUT2D eigenvalue weighted by molar-refractivity contribution is 9.10. The molecule has 0 unspecified atom stereocenters. The van der Waals surface area contributed by atoms with Crippen LogP contribution in [0, 0.1) is 5.82 Å². The van der Waals surface area contributed by atoms with Gasteiger partial charge < -0.3 is 14.2 Å². The van der Waals surface area contributed by atoms with Crippen LogP contribution in [-0.2, 0) is 0 Å². The number of benzene rings is 1. The van der Waals surface area contributed by atoms with Gasteiger partial charge in [-0.15, -0.1) is 0 Å². The molecule has 0 radical (unpaired) electrons. The zero-order chi connectivity index (χ0) is 17.2. The molecule has 1 fully saturated rings. The number of anilines is 1. The summed E-state index contributed by atoms with van der Waals surface area (Å²) < 4.78 is 25.4. The van der Waals surface area contributed by atoms with Crippen LogP contribution in [0.2, 0.25) is 0 Å². The smallest absolute Gasteiger partial charge is 0.186 e. The maximum absolute atomic E-state index is 13.4. The average Bonchev–Trinajstić information content (AvgIpc) is 3.30. The molecule has 1 saturated heterocycles. The van der Waals surface area contributed by atoms with Crippen molar-refractivity contribution in [2.45, 2.75) is 18.9 Å². The van der Waals surface area contributed by atoms with Crippen molar-refractivity contribution >= 4 is 21.7 Å².